The van der Waals surface area contributed by atoms with Gasteiger partial charge in [0.15, 0.2) is 0 Å². The van der Waals surface area contributed by atoms with Crippen molar-refractivity contribution < 1.29 is 22.4 Å². The van der Waals surface area contributed by atoms with Crippen LogP contribution in [0.1, 0.15) is 28.7 Å². The van der Waals surface area contributed by atoms with Crippen molar-refractivity contribution in [3.63, 3.8) is 0 Å². The van der Waals surface area contributed by atoms with Gasteiger partial charge < -0.3 is 10.6 Å². The molecule has 0 bridgehead atoms. The number of aryl methyl sites for hydroxylation is 3. The summed E-state index contributed by atoms with van der Waals surface area (Å²) in [6, 6.07) is 12.9. The molecule has 1 atom stereocenters. The molecular weight excluding hydrogens is 505 g/mol. The van der Waals surface area contributed by atoms with E-state index in [2.05, 4.69) is 10.6 Å². The van der Waals surface area contributed by atoms with E-state index >= 15 is 0 Å². The minimum Gasteiger partial charge on any atom is -0.352 e. The largest absolute Gasteiger partial charge is 0.352 e. The number of halogens is 2. The number of amides is 2. The van der Waals surface area contributed by atoms with Gasteiger partial charge in [-0.1, -0.05) is 47.5 Å². The molecule has 1 aliphatic rings. The maximum Gasteiger partial charge on any atom is 0.265 e. The van der Waals surface area contributed by atoms with Gasteiger partial charge in [0, 0.05) is 11.6 Å². The third-order valence-corrected chi connectivity index (χ3v) is 8.38. The summed E-state index contributed by atoms with van der Waals surface area (Å²) < 4.78 is 43.3. The third kappa shape index (κ3) is 4.94. The first kappa shape index (κ1) is 25.7. The fraction of sp³-hybridized carbons (Fsp3) is 0.231. The standard InChI is InChI=1S/C26H25ClFN3O4S/c1-15-6-4-7-18(10-15)14-29-24(32)13-22-26(33)30-25-20(28)8-5-9-21(25)31(22)36(34,35)23-12-16(2)19(27)11-17(23)3/h4-12,22H,13-14H2,1-3H3,(H,29,32)(H,30,33). The molecule has 0 saturated heterocycles. The summed E-state index contributed by atoms with van der Waals surface area (Å²) in [5.41, 5.74) is 2.45. The molecular formula is C26H25ClFN3O4S. The third-order valence-electron chi connectivity index (χ3n) is 6.01. The number of anilines is 2. The average molecular weight is 530 g/mol. The van der Waals surface area contributed by atoms with Gasteiger partial charge in [-0.25, -0.2) is 12.8 Å². The Bertz CT molecular complexity index is 1480. The quantitative estimate of drug-likeness (QED) is 0.487. The number of hydrogen-bond acceptors (Lipinski definition) is 4. The molecule has 0 spiro atoms. The van der Waals surface area contributed by atoms with Crippen LogP contribution in [0.4, 0.5) is 15.8 Å². The van der Waals surface area contributed by atoms with E-state index in [1.165, 1.54) is 24.3 Å². The number of carbonyl (C=O) groups is 2. The second kappa shape index (κ2) is 9.91. The van der Waals surface area contributed by atoms with Crippen molar-refractivity contribution in [3.05, 3.63) is 87.7 Å². The fourth-order valence-electron chi connectivity index (χ4n) is 4.18. The molecule has 1 unspecified atom stereocenters. The van der Waals surface area contributed by atoms with Crippen molar-refractivity contribution in [2.75, 3.05) is 9.62 Å². The van der Waals surface area contributed by atoms with Gasteiger partial charge in [0.25, 0.3) is 10.0 Å². The van der Waals surface area contributed by atoms with Crippen molar-refractivity contribution in [2.45, 2.75) is 44.7 Å². The molecule has 3 aromatic carbocycles. The summed E-state index contributed by atoms with van der Waals surface area (Å²) in [7, 11) is -4.40. The first-order valence-electron chi connectivity index (χ1n) is 11.2. The zero-order valence-corrected chi connectivity index (χ0v) is 21.5. The first-order chi connectivity index (χ1) is 17.0. The summed E-state index contributed by atoms with van der Waals surface area (Å²) >= 11 is 6.16. The second-order valence-electron chi connectivity index (χ2n) is 8.78. The van der Waals surface area contributed by atoms with Crippen LogP contribution in [0.5, 0.6) is 0 Å². The molecule has 0 radical (unpaired) electrons. The summed E-state index contributed by atoms with van der Waals surface area (Å²) in [5.74, 6) is -2.11. The van der Waals surface area contributed by atoms with Gasteiger partial charge in [-0.05, 0) is 61.7 Å². The topological polar surface area (TPSA) is 95.6 Å². The van der Waals surface area contributed by atoms with E-state index in [4.69, 9.17) is 11.6 Å². The maximum absolute atomic E-state index is 14.6. The zero-order chi connectivity index (χ0) is 26.2. The predicted molar refractivity (Wildman–Crippen MR) is 137 cm³/mol. The molecule has 1 heterocycles. The number of para-hydroxylation sites is 1. The molecule has 0 fully saturated rings. The second-order valence-corrected chi connectivity index (χ2v) is 11.0. The highest BCUT2D eigenvalue weighted by Gasteiger charge is 2.43. The lowest BCUT2D eigenvalue weighted by Gasteiger charge is -2.37. The number of benzene rings is 3. The van der Waals surface area contributed by atoms with Gasteiger partial charge in [0.1, 0.15) is 17.5 Å². The van der Waals surface area contributed by atoms with Crippen molar-refractivity contribution in [2.24, 2.45) is 0 Å². The minimum absolute atomic E-state index is 0.0573. The molecule has 0 saturated carbocycles. The molecule has 36 heavy (non-hydrogen) atoms. The Labute approximate surface area is 214 Å². The number of rotatable bonds is 6. The van der Waals surface area contributed by atoms with E-state index in [0.29, 0.717) is 16.1 Å². The van der Waals surface area contributed by atoms with Crippen LogP contribution in [0.2, 0.25) is 5.02 Å². The van der Waals surface area contributed by atoms with Gasteiger partial charge >= 0.3 is 0 Å². The van der Waals surface area contributed by atoms with Gasteiger partial charge in [-0.15, -0.1) is 0 Å². The fourth-order valence-corrected chi connectivity index (χ4v) is 6.32. The molecule has 10 heteroatoms. The van der Waals surface area contributed by atoms with Crippen LogP contribution in [0.15, 0.2) is 59.5 Å². The Morgan fingerprint density at radius 1 is 1.08 bits per heavy atom. The lowest BCUT2D eigenvalue weighted by molar-refractivity contribution is -0.125. The Balaban J connectivity index is 1.73. The van der Waals surface area contributed by atoms with Gasteiger partial charge in [0.05, 0.1) is 17.0 Å². The highest BCUT2D eigenvalue weighted by atomic mass is 35.5. The molecule has 0 aromatic heterocycles. The monoisotopic (exact) mass is 529 g/mol. The number of nitrogens with zero attached hydrogens (tertiary/aromatic N) is 1. The Morgan fingerprint density at radius 2 is 1.81 bits per heavy atom. The van der Waals surface area contributed by atoms with E-state index in [0.717, 1.165) is 21.5 Å². The van der Waals surface area contributed by atoms with Crippen LogP contribution in [-0.4, -0.2) is 26.3 Å². The SMILES string of the molecule is Cc1cccc(CNC(=O)CC2C(=O)Nc3c(F)cccc3N2S(=O)(=O)c2cc(C)c(Cl)cc2C)c1. The molecule has 7 nitrogen and oxygen atoms in total. The van der Waals surface area contributed by atoms with Crippen molar-refractivity contribution >= 4 is 44.8 Å². The average Bonchev–Trinajstić information content (AvgIpc) is 2.81. The summed E-state index contributed by atoms with van der Waals surface area (Å²) in [6.45, 7) is 5.38. The van der Waals surface area contributed by atoms with E-state index in [1.54, 1.807) is 13.8 Å². The Hall–Kier alpha value is -3.43. The number of fused-ring (bicyclic) bond motifs is 1. The van der Waals surface area contributed by atoms with Crippen molar-refractivity contribution in [1.82, 2.24) is 5.32 Å². The van der Waals surface area contributed by atoms with Crippen LogP contribution in [-0.2, 0) is 26.2 Å². The number of nitrogens with one attached hydrogen (secondary N) is 2. The van der Waals surface area contributed by atoms with Crippen LogP contribution in [0.3, 0.4) is 0 Å². The van der Waals surface area contributed by atoms with E-state index in [9.17, 15) is 22.4 Å². The Kier molecular flexibility index (Phi) is 7.06. The van der Waals surface area contributed by atoms with Crippen LogP contribution >= 0.6 is 11.6 Å². The summed E-state index contributed by atoms with van der Waals surface area (Å²) in [4.78, 5) is 25.9. The highest BCUT2D eigenvalue weighted by molar-refractivity contribution is 7.93. The molecule has 3 aromatic rings. The number of carbonyl (C=O) groups excluding carboxylic acids is 2. The maximum atomic E-state index is 14.6. The molecule has 1 aliphatic heterocycles. The molecule has 2 amide bonds. The predicted octanol–water partition coefficient (Wildman–Crippen LogP) is 4.63. The Morgan fingerprint density at radius 3 is 2.53 bits per heavy atom. The van der Waals surface area contributed by atoms with E-state index < -0.39 is 40.1 Å². The van der Waals surface area contributed by atoms with Gasteiger partial charge in [0.2, 0.25) is 11.8 Å². The smallest absolute Gasteiger partial charge is 0.265 e. The first-order valence-corrected chi connectivity index (χ1v) is 13.0. The minimum atomic E-state index is -4.40. The molecule has 4 rings (SSSR count). The van der Waals surface area contributed by atoms with Crippen molar-refractivity contribution in [1.29, 1.82) is 0 Å². The summed E-state index contributed by atoms with van der Waals surface area (Å²) in [5, 5.41) is 5.56. The lowest BCUT2D eigenvalue weighted by atomic mass is 10.1. The van der Waals surface area contributed by atoms with Gasteiger partial charge in [-0.3, -0.25) is 13.9 Å². The van der Waals surface area contributed by atoms with Crippen LogP contribution in [0, 0.1) is 26.6 Å². The lowest BCUT2D eigenvalue weighted by Crippen LogP contribution is -2.53. The van der Waals surface area contributed by atoms with Crippen LogP contribution in [0.25, 0.3) is 0 Å². The molecule has 188 valence electrons. The number of sulfonamides is 1. The summed E-state index contributed by atoms with van der Waals surface area (Å²) in [6.07, 6.45) is -0.460. The van der Waals surface area contributed by atoms with E-state index in [1.807, 2.05) is 31.2 Å². The van der Waals surface area contributed by atoms with E-state index in [-0.39, 0.29) is 22.8 Å². The number of hydrogen-bond donors (Lipinski definition) is 2. The van der Waals surface area contributed by atoms with Crippen molar-refractivity contribution in [3.8, 4) is 0 Å². The van der Waals surface area contributed by atoms with Crippen LogP contribution < -0.4 is 14.9 Å². The normalized spacial score (nSPS) is 15.3. The zero-order valence-electron chi connectivity index (χ0n) is 19.9. The van der Waals surface area contributed by atoms with Gasteiger partial charge in [-0.2, -0.15) is 0 Å². The highest BCUT2D eigenvalue weighted by Crippen LogP contribution is 2.40. The molecule has 0 aliphatic carbocycles. The molecule has 2 N–H and O–H groups in total.